The zero-order valence-electron chi connectivity index (χ0n) is 11.3. The van der Waals surface area contributed by atoms with Crippen molar-refractivity contribution < 1.29 is 14.6 Å². The van der Waals surface area contributed by atoms with Crippen molar-refractivity contribution >= 4 is 11.0 Å². The maximum absolute atomic E-state index is 10.2. The van der Waals surface area contributed by atoms with E-state index in [9.17, 15) is 10.2 Å². The van der Waals surface area contributed by atoms with Gasteiger partial charge in [0, 0.05) is 5.39 Å². The fourth-order valence-corrected chi connectivity index (χ4v) is 1.96. The van der Waals surface area contributed by atoms with Crippen molar-refractivity contribution in [3.8, 4) is 0 Å². The highest BCUT2D eigenvalue weighted by Gasteiger charge is 2.32. The van der Waals surface area contributed by atoms with Crippen LogP contribution in [0.1, 0.15) is 38.2 Å². The van der Waals surface area contributed by atoms with Gasteiger partial charge in [-0.25, -0.2) is 0 Å². The van der Waals surface area contributed by atoms with Gasteiger partial charge in [-0.1, -0.05) is 32.4 Å². The van der Waals surface area contributed by atoms with Crippen LogP contribution in [0.2, 0.25) is 0 Å². The van der Waals surface area contributed by atoms with E-state index >= 15 is 0 Å². The van der Waals surface area contributed by atoms with Crippen LogP contribution >= 0.6 is 0 Å². The highest BCUT2D eigenvalue weighted by atomic mass is 16.4. The number of rotatable bonds is 2. The topological polar surface area (TPSA) is 53.6 Å². The van der Waals surface area contributed by atoms with Gasteiger partial charge in [-0.3, -0.25) is 0 Å². The molecule has 0 saturated carbocycles. The number of furan rings is 1. The second-order valence-corrected chi connectivity index (χ2v) is 5.95. The number of aryl methyl sites for hydroxylation is 1. The molecule has 2 unspecified atom stereocenters. The highest BCUT2D eigenvalue weighted by Crippen LogP contribution is 2.33. The molecule has 1 heterocycles. The van der Waals surface area contributed by atoms with E-state index in [-0.39, 0.29) is 0 Å². The van der Waals surface area contributed by atoms with Gasteiger partial charge in [0.2, 0.25) is 0 Å². The lowest BCUT2D eigenvalue weighted by Gasteiger charge is -2.28. The standard InChI is InChI=1S/C15H20O3/c1-9-5-6-11-10(7-9)8-12(18-11)13(16)14(17)15(2,3)4/h5-8,13-14,16-17H,1-4H3. The summed E-state index contributed by atoms with van der Waals surface area (Å²) in [7, 11) is 0. The molecule has 0 aliphatic carbocycles. The smallest absolute Gasteiger partial charge is 0.138 e. The Hall–Kier alpha value is -1.32. The summed E-state index contributed by atoms with van der Waals surface area (Å²) < 4.78 is 5.59. The summed E-state index contributed by atoms with van der Waals surface area (Å²) >= 11 is 0. The second kappa shape index (κ2) is 4.41. The minimum Gasteiger partial charge on any atom is -0.458 e. The van der Waals surface area contributed by atoms with E-state index in [4.69, 9.17) is 4.42 Å². The number of fused-ring (bicyclic) bond motifs is 1. The van der Waals surface area contributed by atoms with E-state index in [0.29, 0.717) is 5.76 Å². The number of aliphatic hydroxyl groups excluding tert-OH is 2. The van der Waals surface area contributed by atoms with Crippen LogP contribution < -0.4 is 0 Å². The maximum Gasteiger partial charge on any atom is 0.138 e. The van der Waals surface area contributed by atoms with E-state index in [1.807, 2.05) is 45.9 Å². The normalized spacial score (nSPS) is 15.9. The molecule has 2 aromatic rings. The van der Waals surface area contributed by atoms with E-state index in [2.05, 4.69) is 0 Å². The minimum absolute atomic E-state index is 0.395. The Labute approximate surface area is 107 Å². The molecular formula is C15H20O3. The van der Waals surface area contributed by atoms with Crippen LogP contribution in [0.4, 0.5) is 0 Å². The molecule has 2 rings (SSSR count). The first-order valence-corrected chi connectivity index (χ1v) is 6.15. The van der Waals surface area contributed by atoms with E-state index in [1.54, 1.807) is 6.07 Å². The Balaban J connectivity index is 2.36. The van der Waals surface area contributed by atoms with Gasteiger partial charge < -0.3 is 14.6 Å². The zero-order chi connectivity index (χ0) is 13.5. The van der Waals surface area contributed by atoms with Gasteiger partial charge in [0.1, 0.15) is 17.4 Å². The molecule has 18 heavy (non-hydrogen) atoms. The number of aliphatic hydroxyl groups is 2. The lowest BCUT2D eigenvalue weighted by atomic mass is 9.85. The third-order valence-corrected chi connectivity index (χ3v) is 3.17. The molecule has 1 aromatic carbocycles. The van der Waals surface area contributed by atoms with Crippen molar-refractivity contribution in [1.29, 1.82) is 0 Å². The van der Waals surface area contributed by atoms with Gasteiger partial charge >= 0.3 is 0 Å². The number of hydrogen-bond acceptors (Lipinski definition) is 3. The largest absolute Gasteiger partial charge is 0.458 e. The molecule has 98 valence electrons. The average molecular weight is 248 g/mol. The third-order valence-electron chi connectivity index (χ3n) is 3.17. The quantitative estimate of drug-likeness (QED) is 0.858. The van der Waals surface area contributed by atoms with Crippen molar-refractivity contribution in [2.24, 2.45) is 5.41 Å². The second-order valence-electron chi connectivity index (χ2n) is 5.95. The number of benzene rings is 1. The predicted octanol–water partition coefficient (Wildman–Crippen LogP) is 3.18. The van der Waals surface area contributed by atoms with Crippen LogP contribution in [0.5, 0.6) is 0 Å². The Morgan fingerprint density at radius 2 is 1.78 bits per heavy atom. The SMILES string of the molecule is Cc1ccc2oc(C(O)C(O)C(C)(C)C)cc2c1. The fourth-order valence-electron chi connectivity index (χ4n) is 1.96. The van der Waals surface area contributed by atoms with Gasteiger partial charge in [-0.05, 0) is 30.5 Å². The molecule has 1 aromatic heterocycles. The van der Waals surface area contributed by atoms with Crippen molar-refractivity contribution in [2.75, 3.05) is 0 Å². The van der Waals surface area contributed by atoms with Gasteiger partial charge in [-0.15, -0.1) is 0 Å². The van der Waals surface area contributed by atoms with Crippen LogP contribution in [0.25, 0.3) is 11.0 Å². The summed E-state index contributed by atoms with van der Waals surface area (Å²) in [5, 5.41) is 21.2. The fraction of sp³-hybridized carbons (Fsp3) is 0.467. The molecule has 0 radical (unpaired) electrons. The molecule has 2 atom stereocenters. The van der Waals surface area contributed by atoms with Gasteiger partial charge in [0.25, 0.3) is 0 Å². The summed E-state index contributed by atoms with van der Waals surface area (Å²) in [5.74, 6) is 0.415. The average Bonchev–Trinajstić information content (AvgIpc) is 2.68. The molecule has 2 N–H and O–H groups in total. The van der Waals surface area contributed by atoms with Crippen LogP contribution in [-0.4, -0.2) is 16.3 Å². The molecule has 3 heteroatoms. The lowest BCUT2D eigenvalue weighted by Crippen LogP contribution is -2.32. The summed E-state index contributed by atoms with van der Waals surface area (Å²) in [4.78, 5) is 0. The first-order valence-electron chi connectivity index (χ1n) is 6.15. The Kier molecular flexibility index (Phi) is 3.21. The van der Waals surface area contributed by atoms with Gasteiger partial charge in [0.15, 0.2) is 0 Å². The molecule has 0 aliphatic heterocycles. The van der Waals surface area contributed by atoms with Crippen molar-refractivity contribution in [3.63, 3.8) is 0 Å². The number of hydrogen-bond donors (Lipinski definition) is 2. The van der Waals surface area contributed by atoms with Crippen LogP contribution in [0.3, 0.4) is 0 Å². The molecule has 0 amide bonds. The molecule has 0 bridgehead atoms. The monoisotopic (exact) mass is 248 g/mol. The van der Waals surface area contributed by atoms with Crippen LogP contribution in [-0.2, 0) is 0 Å². The van der Waals surface area contributed by atoms with Gasteiger partial charge in [-0.2, -0.15) is 0 Å². The lowest BCUT2D eigenvalue weighted by molar-refractivity contribution is -0.0541. The molecule has 0 spiro atoms. The van der Waals surface area contributed by atoms with Crippen molar-refractivity contribution in [1.82, 2.24) is 0 Å². The van der Waals surface area contributed by atoms with Crippen LogP contribution in [0, 0.1) is 12.3 Å². The van der Waals surface area contributed by atoms with Gasteiger partial charge in [0.05, 0.1) is 6.10 Å². The van der Waals surface area contributed by atoms with Crippen molar-refractivity contribution in [3.05, 3.63) is 35.6 Å². The Bertz CT molecular complexity index is 548. The Morgan fingerprint density at radius 1 is 1.11 bits per heavy atom. The zero-order valence-corrected chi connectivity index (χ0v) is 11.3. The summed E-state index contributed by atoms with van der Waals surface area (Å²) in [5.41, 5.74) is 1.48. The predicted molar refractivity (Wildman–Crippen MR) is 71.4 cm³/mol. The third kappa shape index (κ3) is 2.42. The van der Waals surface area contributed by atoms with E-state index in [1.165, 1.54) is 0 Å². The highest BCUT2D eigenvalue weighted by molar-refractivity contribution is 5.78. The summed E-state index contributed by atoms with van der Waals surface area (Å²) in [6.45, 7) is 7.65. The Morgan fingerprint density at radius 3 is 2.39 bits per heavy atom. The minimum atomic E-state index is -1.00. The molecular weight excluding hydrogens is 228 g/mol. The molecule has 0 aliphatic rings. The van der Waals surface area contributed by atoms with E-state index in [0.717, 1.165) is 16.5 Å². The van der Waals surface area contributed by atoms with Crippen LogP contribution in [0.15, 0.2) is 28.7 Å². The van der Waals surface area contributed by atoms with Crippen molar-refractivity contribution in [2.45, 2.75) is 39.9 Å². The first kappa shape index (κ1) is 13.1. The summed E-state index contributed by atoms with van der Waals surface area (Å²) in [6.07, 6.45) is -1.86. The maximum atomic E-state index is 10.2. The molecule has 0 fully saturated rings. The molecule has 3 nitrogen and oxygen atoms in total. The summed E-state index contributed by atoms with van der Waals surface area (Å²) in [6, 6.07) is 7.63. The van der Waals surface area contributed by atoms with E-state index < -0.39 is 17.6 Å². The first-order chi connectivity index (χ1) is 8.29. The molecule has 0 saturated heterocycles.